The smallest absolute Gasteiger partial charge is 0.0716 e. The SMILES string of the molecule is CCN(C1CC1)C(CN)c1ccccc1COC. The van der Waals surface area contributed by atoms with Gasteiger partial charge >= 0.3 is 0 Å². The molecule has 0 aromatic heterocycles. The molecule has 0 heterocycles. The standard InChI is InChI=1S/C15H24N2O/c1-3-17(13-8-9-13)15(10-16)14-7-5-4-6-12(14)11-18-2/h4-7,13,15H,3,8-11,16H2,1-2H3. The van der Waals surface area contributed by atoms with Crippen LogP contribution in [-0.2, 0) is 11.3 Å². The van der Waals surface area contributed by atoms with Gasteiger partial charge in [0.15, 0.2) is 0 Å². The number of hydrogen-bond acceptors (Lipinski definition) is 3. The van der Waals surface area contributed by atoms with E-state index >= 15 is 0 Å². The van der Waals surface area contributed by atoms with Gasteiger partial charge in [-0.15, -0.1) is 0 Å². The van der Waals surface area contributed by atoms with E-state index in [2.05, 4.69) is 36.1 Å². The van der Waals surface area contributed by atoms with Crippen LogP contribution in [0.3, 0.4) is 0 Å². The van der Waals surface area contributed by atoms with Crippen LogP contribution in [0, 0.1) is 0 Å². The summed E-state index contributed by atoms with van der Waals surface area (Å²) in [4.78, 5) is 2.54. The molecule has 2 N–H and O–H groups in total. The predicted molar refractivity (Wildman–Crippen MR) is 74.4 cm³/mol. The van der Waals surface area contributed by atoms with Gasteiger partial charge in [0.1, 0.15) is 0 Å². The Bertz CT molecular complexity index is 377. The van der Waals surface area contributed by atoms with E-state index in [9.17, 15) is 0 Å². The molecule has 1 unspecified atom stereocenters. The zero-order valence-corrected chi connectivity index (χ0v) is 11.4. The summed E-state index contributed by atoms with van der Waals surface area (Å²) in [5.74, 6) is 0. The lowest BCUT2D eigenvalue weighted by Crippen LogP contribution is -2.36. The predicted octanol–water partition coefficient (Wildman–Crippen LogP) is 2.32. The molecule has 1 saturated carbocycles. The summed E-state index contributed by atoms with van der Waals surface area (Å²) >= 11 is 0. The van der Waals surface area contributed by atoms with Crippen molar-refractivity contribution in [2.75, 3.05) is 20.2 Å². The third-order valence-corrected chi connectivity index (χ3v) is 3.72. The second-order valence-corrected chi connectivity index (χ2v) is 4.94. The van der Waals surface area contributed by atoms with Crippen molar-refractivity contribution in [1.29, 1.82) is 0 Å². The molecular formula is C15H24N2O. The molecule has 0 spiro atoms. The van der Waals surface area contributed by atoms with E-state index in [1.165, 1.54) is 24.0 Å². The molecule has 0 bridgehead atoms. The summed E-state index contributed by atoms with van der Waals surface area (Å²) in [6.45, 7) is 4.62. The van der Waals surface area contributed by atoms with Gasteiger partial charge in [-0.05, 0) is 30.5 Å². The van der Waals surface area contributed by atoms with Crippen molar-refractivity contribution in [3.05, 3.63) is 35.4 Å². The number of methoxy groups -OCH3 is 1. The van der Waals surface area contributed by atoms with Crippen molar-refractivity contribution in [2.45, 2.75) is 38.5 Å². The Morgan fingerprint density at radius 2 is 2.11 bits per heavy atom. The summed E-state index contributed by atoms with van der Waals surface area (Å²) in [6, 6.07) is 9.56. The van der Waals surface area contributed by atoms with E-state index in [1.54, 1.807) is 7.11 Å². The van der Waals surface area contributed by atoms with Gasteiger partial charge in [0.05, 0.1) is 6.61 Å². The Hall–Kier alpha value is -0.900. The molecule has 3 nitrogen and oxygen atoms in total. The van der Waals surface area contributed by atoms with Crippen LogP contribution in [0.5, 0.6) is 0 Å². The molecule has 1 aromatic rings. The zero-order chi connectivity index (χ0) is 13.0. The van der Waals surface area contributed by atoms with Gasteiger partial charge in [0, 0.05) is 25.7 Å². The van der Waals surface area contributed by atoms with Gasteiger partial charge in [-0.25, -0.2) is 0 Å². The van der Waals surface area contributed by atoms with E-state index in [1.807, 2.05) is 0 Å². The van der Waals surface area contributed by atoms with Crippen LogP contribution in [0.4, 0.5) is 0 Å². The number of likely N-dealkylation sites (N-methyl/N-ethyl adjacent to an activating group) is 1. The minimum Gasteiger partial charge on any atom is -0.380 e. The molecular weight excluding hydrogens is 224 g/mol. The van der Waals surface area contributed by atoms with Crippen LogP contribution in [0.1, 0.15) is 36.9 Å². The first-order valence-electron chi connectivity index (χ1n) is 6.84. The molecule has 0 amide bonds. The lowest BCUT2D eigenvalue weighted by Gasteiger charge is -2.31. The van der Waals surface area contributed by atoms with Gasteiger partial charge in [-0.1, -0.05) is 31.2 Å². The Morgan fingerprint density at radius 3 is 2.67 bits per heavy atom. The summed E-state index contributed by atoms with van der Waals surface area (Å²) in [6.07, 6.45) is 2.63. The second kappa shape index (κ2) is 6.32. The first kappa shape index (κ1) is 13.5. The monoisotopic (exact) mass is 248 g/mol. The summed E-state index contributed by atoms with van der Waals surface area (Å²) < 4.78 is 5.29. The van der Waals surface area contributed by atoms with Crippen LogP contribution in [0.25, 0.3) is 0 Å². The van der Waals surface area contributed by atoms with Crippen LogP contribution in [0.15, 0.2) is 24.3 Å². The molecule has 1 atom stereocenters. The zero-order valence-electron chi connectivity index (χ0n) is 11.4. The van der Waals surface area contributed by atoms with E-state index in [4.69, 9.17) is 10.5 Å². The fourth-order valence-corrected chi connectivity index (χ4v) is 2.73. The van der Waals surface area contributed by atoms with Crippen LogP contribution >= 0.6 is 0 Å². The third-order valence-electron chi connectivity index (χ3n) is 3.72. The fourth-order valence-electron chi connectivity index (χ4n) is 2.73. The second-order valence-electron chi connectivity index (χ2n) is 4.94. The van der Waals surface area contributed by atoms with Crippen molar-refractivity contribution < 1.29 is 4.74 Å². The Kier molecular flexibility index (Phi) is 4.75. The van der Waals surface area contributed by atoms with Crippen LogP contribution in [0.2, 0.25) is 0 Å². The Labute approximate surface area is 110 Å². The van der Waals surface area contributed by atoms with Crippen molar-refractivity contribution in [1.82, 2.24) is 4.90 Å². The molecule has 0 radical (unpaired) electrons. The van der Waals surface area contributed by atoms with E-state index in [-0.39, 0.29) is 0 Å². The maximum absolute atomic E-state index is 6.03. The average Bonchev–Trinajstić information content (AvgIpc) is 3.21. The van der Waals surface area contributed by atoms with Crippen molar-refractivity contribution in [2.24, 2.45) is 5.73 Å². The quantitative estimate of drug-likeness (QED) is 0.805. The summed E-state index contributed by atoms with van der Waals surface area (Å²) in [5, 5.41) is 0. The number of benzene rings is 1. The Morgan fingerprint density at radius 1 is 1.39 bits per heavy atom. The third kappa shape index (κ3) is 2.91. The highest BCUT2D eigenvalue weighted by Gasteiger charge is 2.33. The molecule has 0 saturated heterocycles. The maximum atomic E-state index is 6.03. The lowest BCUT2D eigenvalue weighted by atomic mass is 9.99. The van der Waals surface area contributed by atoms with E-state index in [0.717, 1.165) is 12.6 Å². The molecule has 18 heavy (non-hydrogen) atoms. The number of nitrogens with two attached hydrogens (primary N) is 1. The minimum absolute atomic E-state index is 0.328. The van der Waals surface area contributed by atoms with Gasteiger partial charge in [-0.3, -0.25) is 4.90 Å². The molecule has 1 aliphatic carbocycles. The Balaban J connectivity index is 2.25. The summed E-state index contributed by atoms with van der Waals surface area (Å²) in [7, 11) is 1.74. The average molecular weight is 248 g/mol. The maximum Gasteiger partial charge on any atom is 0.0716 e. The number of nitrogens with zero attached hydrogens (tertiary/aromatic N) is 1. The summed E-state index contributed by atoms with van der Waals surface area (Å²) in [5.41, 5.74) is 8.62. The highest BCUT2D eigenvalue weighted by atomic mass is 16.5. The first-order valence-corrected chi connectivity index (χ1v) is 6.84. The molecule has 3 heteroatoms. The number of rotatable bonds is 7. The molecule has 1 aliphatic rings. The highest BCUT2D eigenvalue weighted by Crippen LogP contribution is 2.34. The van der Waals surface area contributed by atoms with E-state index in [0.29, 0.717) is 19.2 Å². The normalized spacial score (nSPS) is 17.1. The molecule has 100 valence electrons. The molecule has 2 rings (SSSR count). The van der Waals surface area contributed by atoms with E-state index < -0.39 is 0 Å². The number of hydrogen-bond donors (Lipinski definition) is 1. The molecule has 1 aromatic carbocycles. The van der Waals surface area contributed by atoms with Crippen molar-refractivity contribution >= 4 is 0 Å². The van der Waals surface area contributed by atoms with Gasteiger partial charge in [0.25, 0.3) is 0 Å². The largest absolute Gasteiger partial charge is 0.380 e. The van der Waals surface area contributed by atoms with Gasteiger partial charge in [-0.2, -0.15) is 0 Å². The van der Waals surface area contributed by atoms with Gasteiger partial charge < -0.3 is 10.5 Å². The highest BCUT2D eigenvalue weighted by molar-refractivity contribution is 5.30. The van der Waals surface area contributed by atoms with Gasteiger partial charge in [0.2, 0.25) is 0 Å². The minimum atomic E-state index is 0.328. The van der Waals surface area contributed by atoms with Crippen molar-refractivity contribution in [3.8, 4) is 0 Å². The van der Waals surface area contributed by atoms with Crippen LogP contribution < -0.4 is 5.73 Å². The lowest BCUT2D eigenvalue weighted by molar-refractivity contribution is 0.174. The van der Waals surface area contributed by atoms with Crippen LogP contribution in [-0.4, -0.2) is 31.1 Å². The molecule has 1 fully saturated rings. The number of ether oxygens (including phenoxy) is 1. The molecule has 0 aliphatic heterocycles. The first-order chi connectivity index (χ1) is 8.81. The van der Waals surface area contributed by atoms with Crippen molar-refractivity contribution in [3.63, 3.8) is 0 Å². The fraction of sp³-hybridized carbons (Fsp3) is 0.600. The topological polar surface area (TPSA) is 38.5 Å².